The molecule has 1 saturated carbocycles. The average Bonchev–Trinajstić information content (AvgIpc) is 3.38. The molecule has 0 bridgehead atoms. The van der Waals surface area contributed by atoms with Gasteiger partial charge >= 0.3 is 0 Å². The SMILES string of the molecule is CC(=O)Nc1ccc(S(=O)(=O)NCc2cc(C3CC3)ncn2)cc1. The van der Waals surface area contributed by atoms with Crippen molar-refractivity contribution < 1.29 is 13.2 Å². The Morgan fingerprint density at radius 3 is 2.54 bits per heavy atom. The molecule has 0 aliphatic heterocycles. The molecule has 1 fully saturated rings. The van der Waals surface area contributed by atoms with E-state index in [2.05, 4.69) is 20.0 Å². The van der Waals surface area contributed by atoms with Crippen LogP contribution in [0.1, 0.15) is 37.1 Å². The van der Waals surface area contributed by atoms with Gasteiger partial charge in [0.2, 0.25) is 15.9 Å². The molecular weight excluding hydrogens is 328 g/mol. The number of benzene rings is 1. The van der Waals surface area contributed by atoms with Crippen LogP contribution >= 0.6 is 0 Å². The summed E-state index contributed by atoms with van der Waals surface area (Å²) in [7, 11) is -3.64. The first-order chi connectivity index (χ1) is 11.4. The van der Waals surface area contributed by atoms with Crippen molar-refractivity contribution in [2.75, 3.05) is 5.32 Å². The second-order valence-corrected chi connectivity index (χ2v) is 7.51. The third kappa shape index (κ3) is 4.15. The van der Waals surface area contributed by atoms with Crippen LogP contribution in [0.25, 0.3) is 0 Å². The van der Waals surface area contributed by atoms with Crippen molar-refractivity contribution in [3.8, 4) is 0 Å². The summed E-state index contributed by atoms with van der Waals surface area (Å²) in [6.07, 6.45) is 3.73. The molecule has 8 heteroatoms. The van der Waals surface area contributed by atoms with E-state index in [0.29, 0.717) is 17.3 Å². The first-order valence-electron chi connectivity index (χ1n) is 7.62. The molecule has 1 aliphatic carbocycles. The Morgan fingerprint density at radius 2 is 1.92 bits per heavy atom. The highest BCUT2D eigenvalue weighted by Gasteiger charge is 2.25. The van der Waals surface area contributed by atoms with E-state index in [1.807, 2.05) is 6.07 Å². The van der Waals surface area contributed by atoms with Crippen LogP contribution < -0.4 is 10.0 Å². The molecule has 0 radical (unpaired) electrons. The summed E-state index contributed by atoms with van der Waals surface area (Å²) in [5.74, 6) is 0.281. The molecule has 2 aromatic rings. The van der Waals surface area contributed by atoms with Crippen LogP contribution in [0.15, 0.2) is 41.6 Å². The van der Waals surface area contributed by atoms with Crippen LogP contribution in [-0.4, -0.2) is 24.3 Å². The monoisotopic (exact) mass is 346 g/mol. The molecule has 0 saturated heterocycles. The molecule has 3 rings (SSSR count). The number of nitrogens with one attached hydrogen (secondary N) is 2. The van der Waals surface area contributed by atoms with Crippen molar-refractivity contribution in [1.29, 1.82) is 0 Å². The molecule has 1 aromatic heterocycles. The van der Waals surface area contributed by atoms with Crippen LogP contribution in [0, 0.1) is 0 Å². The minimum absolute atomic E-state index is 0.109. The largest absolute Gasteiger partial charge is 0.326 e. The summed E-state index contributed by atoms with van der Waals surface area (Å²) in [5, 5.41) is 2.59. The van der Waals surface area contributed by atoms with Gasteiger partial charge in [0.15, 0.2) is 0 Å². The first-order valence-corrected chi connectivity index (χ1v) is 9.10. The Hall–Kier alpha value is -2.32. The van der Waals surface area contributed by atoms with E-state index in [4.69, 9.17) is 0 Å². The molecule has 0 spiro atoms. The molecule has 0 atom stereocenters. The zero-order valence-corrected chi connectivity index (χ0v) is 14.0. The molecule has 126 valence electrons. The number of carbonyl (C=O) groups excluding carboxylic acids is 1. The average molecular weight is 346 g/mol. The summed E-state index contributed by atoms with van der Waals surface area (Å²) >= 11 is 0. The minimum atomic E-state index is -3.64. The number of amides is 1. The predicted molar refractivity (Wildman–Crippen MR) is 88.8 cm³/mol. The number of carbonyl (C=O) groups is 1. The van der Waals surface area contributed by atoms with E-state index in [-0.39, 0.29) is 17.3 Å². The number of hydrogen-bond donors (Lipinski definition) is 2. The Bertz CT molecular complexity index is 846. The standard InChI is InChI=1S/C16H18N4O3S/c1-11(21)20-13-4-6-15(7-5-13)24(22,23)19-9-14-8-16(12-2-3-12)18-10-17-14/h4-8,10,12,19H,2-3,9H2,1H3,(H,20,21). The number of rotatable bonds is 6. The minimum Gasteiger partial charge on any atom is -0.326 e. The van der Waals surface area contributed by atoms with E-state index in [0.717, 1.165) is 18.5 Å². The molecular formula is C16H18N4O3S. The Labute approximate surface area is 140 Å². The normalized spacial score (nSPS) is 14.4. The second kappa shape index (κ2) is 6.66. The van der Waals surface area contributed by atoms with Gasteiger partial charge in [-0.25, -0.2) is 23.1 Å². The van der Waals surface area contributed by atoms with Crippen molar-refractivity contribution in [2.24, 2.45) is 0 Å². The van der Waals surface area contributed by atoms with Crippen LogP contribution in [0.4, 0.5) is 5.69 Å². The van der Waals surface area contributed by atoms with Gasteiger partial charge in [-0.2, -0.15) is 0 Å². The van der Waals surface area contributed by atoms with Crippen molar-refractivity contribution in [3.05, 3.63) is 48.0 Å². The third-order valence-electron chi connectivity index (χ3n) is 3.67. The molecule has 24 heavy (non-hydrogen) atoms. The quantitative estimate of drug-likeness (QED) is 0.830. The van der Waals surface area contributed by atoms with Gasteiger partial charge in [0.05, 0.1) is 17.1 Å². The van der Waals surface area contributed by atoms with Crippen LogP contribution in [0.2, 0.25) is 0 Å². The van der Waals surface area contributed by atoms with Crippen molar-refractivity contribution in [2.45, 2.75) is 37.1 Å². The lowest BCUT2D eigenvalue weighted by atomic mass is 10.2. The lowest BCUT2D eigenvalue weighted by molar-refractivity contribution is -0.114. The smallest absolute Gasteiger partial charge is 0.240 e. The van der Waals surface area contributed by atoms with Gasteiger partial charge in [-0.3, -0.25) is 4.79 Å². The van der Waals surface area contributed by atoms with Gasteiger partial charge in [-0.1, -0.05) is 0 Å². The summed E-state index contributed by atoms with van der Waals surface area (Å²) in [6, 6.07) is 7.84. The van der Waals surface area contributed by atoms with Crippen molar-refractivity contribution in [3.63, 3.8) is 0 Å². The maximum absolute atomic E-state index is 12.3. The topological polar surface area (TPSA) is 101 Å². The highest BCUT2D eigenvalue weighted by atomic mass is 32.2. The number of anilines is 1. The zero-order chi connectivity index (χ0) is 17.2. The number of sulfonamides is 1. The van der Waals surface area contributed by atoms with E-state index in [1.165, 1.54) is 25.4 Å². The Morgan fingerprint density at radius 1 is 1.21 bits per heavy atom. The van der Waals surface area contributed by atoms with Gasteiger partial charge in [0.25, 0.3) is 0 Å². The van der Waals surface area contributed by atoms with Crippen molar-refractivity contribution >= 4 is 21.6 Å². The van der Waals surface area contributed by atoms with E-state index >= 15 is 0 Å². The molecule has 1 aromatic carbocycles. The second-order valence-electron chi connectivity index (χ2n) is 5.74. The van der Waals surface area contributed by atoms with Crippen LogP contribution in [0.3, 0.4) is 0 Å². The molecule has 0 unspecified atom stereocenters. The maximum Gasteiger partial charge on any atom is 0.240 e. The maximum atomic E-state index is 12.3. The molecule has 1 heterocycles. The highest BCUT2D eigenvalue weighted by Crippen LogP contribution is 2.38. The molecule has 1 aliphatic rings. The molecule has 7 nitrogen and oxygen atoms in total. The van der Waals surface area contributed by atoms with Gasteiger partial charge in [0, 0.05) is 24.2 Å². The van der Waals surface area contributed by atoms with E-state index in [1.54, 1.807) is 12.1 Å². The fraction of sp³-hybridized carbons (Fsp3) is 0.312. The molecule has 1 amide bonds. The summed E-state index contributed by atoms with van der Waals surface area (Å²) in [6.45, 7) is 1.50. The van der Waals surface area contributed by atoms with Gasteiger partial charge < -0.3 is 5.32 Å². The van der Waals surface area contributed by atoms with Crippen LogP contribution in [-0.2, 0) is 21.4 Å². The Kier molecular flexibility index (Phi) is 4.59. The lowest BCUT2D eigenvalue weighted by Gasteiger charge is -2.08. The van der Waals surface area contributed by atoms with E-state index < -0.39 is 10.0 Å². The van der Waals surface area contributed by atoms with Gasteiger partial charge in [0.1, 0.15) is 6.33 Å². The van der Waals surface area contributed by atoms with E-state index in [9.17, 15) is 13.2 Å². The number of nitrogens with zero attached hydrogens (tertiary/aromatic N) is 2. The Balaban J connectivity index is 1.67. The van der Waals surface area contributed by atoms with Gasteiger partial charge in [-0.15, -0.1) is 0 Å². The zero-order valence-electron chi connectivity index (χ0n) is 13.2. The summed E-state index contributed by atoms with van der Waals surface area (Å²) in [5.41, 5.74) is 2.16. The van der Waals surface area contributed by atoms with Gasteiger partial charge in [-0.05, 0) is 43.2 Å². The van der Waals surface area contributed by atoms with Crippen LogP contribution in [0.5, 0.6) is 0 Å². The van der Waals surface area contributed by atoms with Crippen molar-refractivity contribution in [1.82, 2.24) is 14.7 Å². The molecule has 2 N–H and O–H groups in total. The fourth-order valence-corrected chi connectivity index (χ4v) is 3.29. The number of hydrogen-bond acceptors (Lipinski definition) is 5. The number of aromatic nitrogens is 2. The third-order valence-corrected chi connectivity index (χ3v) is 5.09. The lowest BCUT2D eigenvalue weighted by Crippen LogP contribution is -2.24. The fourth-order valence-electron chi connectivity index (χ4n) is 2.29. The highest BCUT2D eigenvalue weighted by molar-refractivity contribution is 7.89. The summed E-state index contributed by atoms with van der Waals surface area (Å²) in [4.78, 5) is 19.4. The predicted octanol–water partition coefficient (Wildman–Crippen LogP) is 1.79. The summed E-state index contributed by atoms with van der Waals surface area (Å²) < 4.78 is 27.2. The first kappa shape index (κ1) is 16.5.